The summed E-state index contributed by atoms with van der Waals surface area (Å²) in [7, 11) is 0. The molecule has 2 aromatic rings. The van der Waals surface area contributed by atoms with Crippen molar-refractivity contribution in [2.24, 2.45) is 0 Å². The molecule has 0 aromatic heterocycles. The predicted molar refractivity (Wildman–Crippen MR) is 105 cm³/mol. The van der Waals surface area contributed by atoms with Crippen LogP contribution < -0.4 is 4.74 Å². The highest BCUT2D eigenvalue weighted by molar-refractivity contribution is 5.79. The molecule has 3 aliphatic rings. The van der Waals surface area contributed by atoms with E-state index in [0.29, 0.717) is 13.2 Å². The maximum atomic E-state index is 10.6. The summed E-state index contributed by atoms with van der Waals surface area (Å²) in [6, 6.07) is 17.9. The topological polar surface area (TPSA) is 65.0 Å². The number of rotatable bonds is 7. The summed E-state index contributed by atoms with van der Waals surface area (Å²) in [5.74, 6) is 0.660. The van der Waals surface area contributed by atoms with E-state index in [2.05, 4.69) is 12.1 Å². The van der Waals surface area contributed by atoms with Crippen LogP contribution >= 0.6 is 0 Å². The summed E-state index contributed by atoms with van der Waals surface area (Å²) in [4.78, 5) is 10.6. The molecule has 2 aliphatic heterocycles. The fraction of sp³-hybridized carbons (Fsp3) is 0.348. The predicted octanol–water partition coefficient (Wildman–Crippen LogP) is 4.67. The standard InChI is InChI=1S/C23H24O5/c24-21(25)10-5-15-26-22-11-13-23(14-12-22,27-17-22)18-6-4-9-20(16-18)28-19-7-2-1-3-8-19/h1-10,16H,11-15,17H2,(H,24,25)/b10-5+. The molecule has 1 saturated carbocycles. The Hall–Kier alpha value is -2.63. The minimum absolute atomic E-state index is 0.294. The van der Waals surface area contributed by atoms with Crippen molar-refractivity contribution >= 4 is 5.97 Å². The van der Waals surface area contributed by atoms with Crippen LogP contribution in [0.3, 0.4) is 0 Å². The summed E-state index contributed by atoms with van der Waals surface area (Å²) < 4.78 is 18.3. The number of para-hydroxylation sites is 1. The number of ether oxygens (including phenoxy) is 3. The van der Waals surface area contributed by atoms with Crippen LogP contribution in [0, 0.1) is 0 Å². The van der Waals surface area contributed by atoms with E-state index in [1.165, 1.54) is 6.08 Å². The normalized spacial score (nSPS) is 26.4. The number of aliphatic carboxylic acids is 1. The molecule has 2 saturated heterocycles. The summed E-state index contributed by atoms with van der Waals surface area (Å²) in [6.45, 7) is 0.820. The van der Waals surface area contributed by atoms with E-state index in [-0.39, 0.29) is 11.2 Å². The van der Waals surface area contributed by atoms with Gasteiger partial charge in [0, 0.05) is 6.08 Å². The summed E-state index contributed by atoms with van der Waals surface area (Å²) in [5, 5.41) is 8.68. The van der Waals surface area contributed by atoms with Crippen molar-refractivity contribution < 1.29 is 24.1 Å². The van der Waals surface area contributed by atoms with E-state index < -0.39 is 5.97 Å². The molecular weight excluding hydrogens is 356 g/mol. The lowest BCUT2D eigenvalue weighted by molar-refractivity contribution is -0.236. The first-order chi connectivity index (χ1) is 13.6. The Morgan fingerprint density at radius 1 is 1.04 bits per heavy atom. The van der Waals surface area contributed by atoms with Crippen LogP contribution in [0.1, 0.15) is 31.2 Å². The molecule has 0 unspecified atom stereocenters. The smallest absolute Gasteiger partial charge is 0.328 e. The summed E-state index contributed by atoms with van der Waals surface area (Å²) >= 11 is 0. The number of hydrogen-bond donors (Lipinski definition) is 1. The van der Waals surface area contributed by atoms with Gasteiger partial charge in [0.1, 0.15) is 11.5 Å². The molecular formula is C23H24O5. The third kappa shape index (κ3) is 3.96. The summed E-state index contributed by atoms with van der Waals surface area (Å²) in [6.07, 6.45) is 6.22. The molecule has 1 N–H and O–H groups in total. The minimum Gasteiger partial charge on any atom is -0.478 e. The Labute approximate surface area is 164 Å². The van der Waals surface area contributed by atoms with Crippen LogP contribution in [0.4, 0.5) is 0 Å². The zero-order chi connectivity index (χ0) is 19.5. The second-order valence-corrected chi connectivity index (χ2v) is 7.46. The van der Waals surface area contributed by atoms with Gasteiger partial charge in [-0.3, -0.25) is 0 Å². The zero-order valence-corrected chi connectivity index (χ0v) is 15.7. The third-order valence-electron chi connectivity index (χ3n) is 5.67. The number of fused-ring (bicyclic) bond motifs is 3. The second kappa shape index (κ2) is 7.78. The number of carbonyl (C=O) groups is 1. The third-order valence-corrected chi connectivity index (χ3v) is 5.67. The highest BCUT2D eigenvalue weighted by atomic mass is 16.6. The zero-order valence-electron chi connectivity index (χ0n) is 15.7. The van der Waals surface area contributed by atoms with Crippen molar-refractivity contribution in [3.8, 4) is 11.5 Å². The van der Waals surface area contributed by atoms with E-state index >= 15 is 0 Å². The molecule has 0 amide bonds. The monoisotopic (exact) mass is 380 g/mol. The van der Waals surface area contributed by atoms with Gasteiger partial charge in [-0.1, -0.05) is 36.4 Å². The maximum Gasteiger partial charge on any atom is 0.328 e. The Kier molecular flexibility index (Phi) is 5.20. The van der Waals surface area contributed by atoms with E-state index in [1.54, 1.807) is 0 Å². The lowest BCUT2D eigenvalue weighted by atomic mass is 9.70. The van der Waals surface area contributed by atoms with Gasteiger partial charge in [0.15, 0.2) is 0 Å². The van der Waals surface area contributed by atoms with E-state index in [1.807, 2.05) is 42.5 Å². The van der Waals surface area contributed by atoms with Crippen molar-refractivity contribution in [2.75, 3.05) is 13.2 Å². The molecule has 0 spiro atoms. The SMILES string of the molecule is O=C(O)/C=C/COC12CCC(c3cccc(Oc4ccccc4)c3)(CC1)OC2. The largest absolute Gasteiger partial charge is 0.478 e. The average molecular weight is 380 g/mol. The molecule has 146 valence electrons. The van der Waals surface area contributed by atoms with Crippen molar-refractivity contribution in [3.63, 3.8) is 0 Å². The molecule has 2 heterocycles. The van der Waals surface area contributed by atoms with Crippen molar-refractivity contribution in [1.82, 2.24) is 0 Å². The van der Waals surface area contributed by atoms with Crippen LogP contribution in [-0.4, -0.2) is 29.9 Å². The number of benzene rings is 2. The fourth-order valence-electron chi connectivity index (χ4n) is 4.07. The average Bonchev–Trinajstić information content (AvgIpc) is 2.74. The van der Waals surface area contributed by atoms with Gasteiger partial charge in [-0.05, 0) is 55.5 Å². The minimum atomic E-state index is -0.957. The highest BCUT2D eigenvalue weighted by Crippen LogP contribution is 2.51. The van der Waals surface area contributed by atoms with E-state index in [4.69, 9.17) is 19.3 Å². The maximum absolute atomic E-state index is 10.6. The quantitative estimate of drug-likeness (QED) is 0.707. The fourth-order valence-corrected chi connectivity index (χ4v) is 4.07. The molecule has 5 nitrogen and oxygen atoms in total. The first-order valence-electron chi connectivity index (χ1n) is 9.60. The van der Waals surface area contributed by atoms with Crippen LogP contribution in [-0.2, 0) is 19.9 Å². The molecule has 5 rings (SSSR count). The van der Waals surface area contributed by atoms with Crippen LogP contribution in [0.15, 0.2) is 66.7 Å². The van der Waals surface area contributed by atoms with E-state index in [9.17, 15) is 4.79 Å². The molecule has 0 atom stereocenters. The van der Waals surface area contributed by atoms with Gasteiger partial charge in [0.2, 0.25) is 0 Å². The van der Waals surface area contributed by atoms with Gasteiger partial charge < -0.3 is 19.3 Å². The van der Waals surface area contributed by atoms with Crippen molar-refractivity contribution in [3.05, 3.63) is 72.3 Å². The number of hydrogen-bond acceptors (Lipinski definition) is 4. The van der Waals surface area contributed by atoms with Gasteiger partial charge in [-0.15, -0.1) is 0 Å². The van der Waals surface area contributed by atoms with Gasteiger partial charge in [-0.2, -0.15) is 0 Å². The van der Waals surface area contributed by atoms with Crippen LogP contribution in [0.2, 0.25) is 0 Å². The molecule has 2 aromatic carbocycles. The number of carboxylic acid groups (broad SMARTS) is 1. The first-order valence-corrected chi connectivity index (χ1v) is 9.60. The molecule has 0 radical (unpaired) electrons. The highest BCUT2D eigenvalue weighted by Gasteiger charge is 2.51. The Morgan fingerprint density at radius 2 is 1.79 bits per heavy atom. The second-order valence-electron chi connectivity index (χ2n) is 7.46. The first kappa shape index (κ1) is 18.7. The van der Waals surface area contributed by atoms with Gasteiger partial charge in [0.05, 0.1) is 24.4 Å². The van der Waals surface area contributed by atoms with Crippen molar-refractivity contribution in [1.29, 1.82) is 0 Å². The Morgan fingerprint density at radius 3 is 2.46 bits per heavy atom. The molecule has 3 fully saturated rings. The summed E-state index contributed by atoms with van der Waals surface area (Å²) in [5.41, 5.74) is 0.542. The van der Waals surface area contributed by atoms with Gasteiger partial charge >= 0.3 is 5.97 Å². The molecule has 2 bridgehead atoms. The Bertz CT molecular complexity index is 834. The Balaban J connectivity index is 1.43. The van der Waals surface area contributed by atoms with Gasteiger partial charge in [-0.25, -0.2) is 4.79 Å². The number of carboxylic acids is 1. The lowest BCUT2D eigenvalue weighted by Gasteiger charge is -2.52. The van der Waals surface area contributed by atoms with Crippen molar-refractivity contribution in [2.45, 2.75) is 36.9 Å². The van der Waals surface area contributed by atoms with Crippen LogP contribution in [0.5, 0.6) is 11.5 Å². The van der Waals surface area contributed by atoms with Gasteiger partial charge in [0.25, 0.3) is 0 Å². The molecule has 1 aliphatic carbocycles. The molecule has 5 heteroatoms. The lowest BCUT2D eigenvalue weighted by Crippen LogP contribution is -2.54. The van der Waals surface area contributed by atoms with E-state index in [0.717, 1.165) is 48.8 Å². The molecule has 28 heavy (non-hydrogen) atoms. The van der Waals surface area contributed by atoms with Crippen LogP contribution in [0.25, 0.3) is 0 Å².